The minimum atomic E-state index is -0.997. The van der Waals surface area contributed by atoms with Gasteiger partial charge in [0.2, 0.25) is 0 Å². The van der Waals surface area contributed by atoms with Crippen molar-refractivity contribution in [3.63, 3.8) is 0 Å². The Bertz CT molecular complexity index is 547. The molecule has 0 aromatic carbocycles. The molecule has 6 heteroatoms. The third-order valence-corrected chi connectivity index (χ3v) is 4.23. The summed E-state index contributed by atoms with van der Waals surface area (Å²) < 4.78 is 0. The van der Waals surface area contributed by atoms with E-state index < -0.39 is 12.0 Å². The predicted molar refractivity (Wildman–Crippen MR) is 76.6 cm³/mol. The number of carbonyl (C=O) groups excluding carboxylic acids is 1. The van der Waals surface area contributed by atoms with Crippen LogP contribution in [0.3, 0.4) is 0 Å². The zero-order valence-corrected chi connectivity index (χ0v) is 11.8. The van der Waals surface area contributed by atoms with Crippen LogP contribution < -0.4 is 5.32 Å². The first-order chi connectivity index (χ1) is 9.65. The number of unbranched alkanes of at least 4 members (excludes halogenated alkanes) is 1. The van der Waals surface area contributed by atoms with E-state index in [0.717, 1.165) is 10.4 Å². The van der Waals surface area contributed by atoms with E-state index in [-0.39, 0.29) is 6.03 Å². The molecule has 106 valence electrons. The molecule has 1 unspecified atom stereocenters. The van der Waals surface area contributed by atoms with Gasteiger partial charge in [0, 0.05) is 24.4 Å². The Morgan fingerprint density at radius 2 is 2.40 bits per heavy atom. The van der Waals surface area contributed by atoms with E-state index in [0.29, 0.717) is 32.4 Å². The molecule has 1 aromatic rings. The molecule has 1 aliphatic heterocycles. The zero-order valence-electron chi connectivity index (χ0n) is 11.0. The Morgan fingerprint density at radius 3 is 3.10 bits per heavy atom. The highest BCUT2D eigenvalue weighted by atomic mass is 32.1. The van der Waals surface area contributed by atoms with Gasteiger partial charge in [-0.3, -0.25) is 0 Å². The van der Waals surface area contributed by atoms with Crippen LogP contribution in [0, 0.1) is 12.3 Å². The van der Waals surface area contributed by atoms with Gasteiger partial charge in [0.15, 0.2) is 6.04 Å². The third kappa shape index (κ3) is 2.94. The number of nitrogens with one attached hydrogen (secondary N) is 1. The largest absolute Gasteiger partial charge is 0.479 e. The van der Waals surface area contributed by atoms with E-state index in [4.69, 9.17) is 6.42 Å². The number of hydrogen-bond donors (Lipinski definition) is 2. The van der Waals surface area contributed by atoms with Crippen LogP contribution in [0.2, 0.25) is 0 Å². The highest BCUT2D eigenvalue weighted by Gasteiger charge is 2.36. The van der Waals surface area contributed by atoms with Gasteiger partial charge in [-0.05, 0) is 29.9 Å². The molecule has 1 atom stereocenters. The van der Waals surface area contributed by atoms with Gasteiger partial charge in [-0.1, -0.05) is 0 Å². The summed E-state index contributed by atoms with van der Waals surface area (Å²) in [5, 5.41) is 14.0. The highest BCUT2D eigenvalue weighted by molar-refractivity contribution is 7.10. The molecule has 0 bridgehead atoms. The first-order valence-corrected chi connectivity index (χ1v) is 7.30. The lowest BCUT2D eigenvalue weighted by molar-refractivity contribution is -0.142. The average Bonchev–Trinajstić information content (AvgIpc) is 2.90. The number of amides is 2. The SMILES string of the molecule is C#CCCCNC(=O)N1CCc2sccc2C1C(=O)O. The summed E-state index contributed by atoms with van der Waals surface area (Å²) in [7, 11) is 0. The summed E-state index contributed by atoms with van der Waals surface area (Å²) in [5.41, 5.74) is 0.729. The molecule has 1 aromatic heterocycles. The van der Waals surface area contributed by atoms with Gasteiger partial charge in [0.1, 0.15) is 0 Å². The highest BCUT2D eigenvalue weighted by Crippen LogP contribution is 2.33. The van der Waals surface area contributed by atoms with Crippen LogP contribution >= 0.6 is 11.3 Å². The van der Waals surface area contributed by atoms with E-state index in [1.807, 2.05) is 5.38 Å². The number of carboxylic acids is 1. The van der Waals surface area contributed by atoms with Crippen LogP contribution in [0.4, 0.5) is 4.79 Å². The summed E-state index contributed by atoms with van der Waals surface area (Å²) in [6.45, 7) is 0.883. The minimum absolute atomic E-state index is 0.341. The molecule has 0 saturated carbocycles. The molecule has 0 saturated heterocycles. The Balaban J connectivity index is 2.06. The van der Waals surface area contributed by atoms with Crippen molar-refractivity contribution < 1.29 is 14.7 Å². The Labute approximate surface area is 121 Å². The molecular formula is C14H16N2O3S. The monoisotopic (exact) mass is 292 g/mol. The lowest BCUT2D eigenvalue weighted by Gasteiger charge is -2.33. The molecule has 1 aliphatic rings. The third-order valence-electron chi connectivity index (χ3n) is 3.23. The van der Waals surface area contributed by atoms with E-state index in [1.54, 1.807) is 17.4 Å². The van der Waals surface area contributed by atoms with Gasteiger partial charge >= 0.3 is 12.0 Å². The lowest BCUT2D eigenvalue weighted by atomic mass is 10.0. The second kappa shape index (κ2) is 6.44. The van der Waals surface area contributed by atoms with Crippen LogP contribution in [-0.2, 0) is 11.2 Å². The van der Waals surface area contributed by atoms with Gasteiger partial charge in [0.25, 0.3) is 0 Å². The number of urea groups is 1. The molecule has 2 N–H and O–H groups in total. The number of carboxylic acid groups (broad SMARTS) is 1. The number of nitrogens with zero attached hydrogens (tertiary/aromatic N) is 1. The van der Waals surface area contributed by atoms with Crippen LogP contribution in [0.25, 0.3) is 0 Å². The number of rotatable bonds is 4. The lowest BCUT2D eigenvalue weighted by Crippen LogP contribution is -2.48. The maximum Gasteiger partial charge on any atom is 0.331 e. The molecule has 5 nitrogen and oxygen atoms in total. The summed E-state index contributed by atoms with van der Waals surface area (Å²) in [4.78, 5) is 26.0. The topological polar surface area (TPSA) is 69.6 Å². The smallest absolute Gasteiger partial charge is 0.331 e. The van der Waals surface area contributed by atoms with Crippen molar-refractivity contribution in [3.05, 3.63) is 21.9 Å². The number of aliphatic carboxylic acids is 1. The van der Waals surface area contributed by atoms with Crippen molar-refractivity contribution in [1.82, 2.24) is 10.2 Å². The molecule has 2 amide bonds. The fraction of sp³-hybridized carbons (Fsp3) is 0.429. The van der Waals surface area contributed by atoms with Crippen molar-refractivity contribution in [2.45, 2.75) is 25.3 Å². The predicted octanol–water partition coefficient (Wildman–Crippen LogP) is 1.85. The fourth-order valence-electron chi connectivity index (χ4n) is 2.29. The Kier molecular flexibility index (Phi) is 4.64. The summed E-state index contributed by atoms with van der Waals surface area (Å²) in [6, 6.07) is 0.556. The molecule has 0 radical (unpaired) electrons. The van der Waals surface area contributed by atoms with Gasteiger partial charge in [-0.15, -0.1) is 23.7 Å². The molecule has 2 rings (SSSR count). The first kappa shape index (κ1) is 14.4. The van der Waals surface area contributed by atoms with Crippen molar-refractivity contribution in [2.75, 3.05) is 13.1 Å². The van der Waals surface area contributed by atoms with Crippen molar-refractivity contribution in [1.29, 1.82) is 0 Å². The second-order valence-corrected chi connectivity index (χ2v) is 5.52. The van der Waals surface area contributed by atoms with Crippen LogP contribution in [0.5, 0.6) is 0 Å². The summed E-state index contributed by atoms with van der Waals surface area (Å²) in [5.74, 6) is 1.50. The Morgan fingerprint density at radius 1 is 1.60 bits per heavy atom. The number of terminal acetylenes is 1. The van der Waals surface area contributed by atoms with Gasteiger partial charge < -0.3 is 15.3 Å². The number of hydrogen-bond acceptors (Lipinski definition) is 3. The number of fused-ring (bicyclic) bond motifs is 1. The second-order valence-electron chi connectivity index (χ2n) is 4.52. The molecule has 0 spiro atoms. The molecule has 20 heavy (non-hydrogen) atoms. The van der Waals surface area contributed by atoms with Gasteiger partial charge in [-0.2, -0.15) is 0 Å². The molecule has 0 aliphatic carbocycles. The van der Waals surface area contributed by atoms with Crippen LogP contribution in [-0.4, -0.2) is 35.1 Å². The van der Waals surface area contributed by atoms with Crippen molar-refractivity contribution in [3.8, 4) is 12.3 Å². The first-order valence-electron chi connectivity index (χ1n) is 6.42. The van der Waals surface area contributed by atoms with Gasteiger partial charge in [0.05, 0.1) is 0 Å². The van der Waals surface area contributed by atoms with Crippen LogP contribution in [0.1, 0.15) is 29.3 Å². The van der Waals surface area contributed by atoms with E-state index >= 15 is 0 Å². The number of thiophene rings is 1. The maximum atomic E-state index is 12.1. The summed E-state index contributed by atoms with van der Waals surface area (Å²) >= 11 is 1.54. The quantitative estimate of drug-likeness (QED) is 0.657. The standard InChI is InChI=1S/C14H16N2O3S/c1-2-3-4-7-15-14(19)16-8-5-11-10(6-9-20-11)12(16)13(17)18/h1,6,9,12H,3-5,7-8H2,(H,15,19)(H,17,18). The van der Waals surface area contributed by atoms with E-state index in [9.17, 15) is 14.7 Å². The van der Waals surface area contributed by atoms with Crippen molar-refractivity contribution in [2.24, 2.45) is 0 Å². The summed E-state index contributed by atoms with van der Waals surface area (Å²) in [6.07, 6.45) is 7.13. The normalized spacial score (nSPS) is 17.1. The van der Waals surface area contributed by atoms with E-state index in [1.165, 1.54) is 4.90 Å². The van der Waals surface area contributed by atoms with Crippen molar-refractivity contribution >= 4 is 23.3 Å². The van der Waals surface area contributed by atoms with Gasteiger partial charge in [-0.25, -0.2) is 9.59 Å². The molecular weight excluding hydrogens is 276 g/mol. The zero-order chi connectivity index (χ0) is 14.5. The van der Waals surface area contributed by atoms with E-state index in [2.05, 4.69) is 11.2 Å². The fourth-order valence-corrected chi connectivity index (χ4v) is 3.19. The number of carbonyl (C=O) groups is 2. The Hall–Kier alpha value is -2.00. The molecule has 2 heterocycles. The van der Waals surface area contributed by atoms with Crippen LogP contribution in [0.15, 0.2) is 11.4 Å². The average molecular weight is 292 g/mol. The maximum absolute atomic E-state index is 12.1. The minimum Gasteiger partial charge on any atom is -0.479 e. The molecule has 0 fully saturated rings.